The van der Waals surface area contributed by atoms with Crippen LogP contribution in [-0.4, -0.2) is 32.1 Å². The number of benzene rings is 2. The molecule has 0 saturated heterocycles. The van der Waals surface area contributed by atoms with Gasteiger partial charge in [-0.1, -0.05) is 35.9 Å². The first-order valence-corrected chi connectivity index (χ1v) is 8.47. The van der Waals surface area contributed by atoms with Crippen LogP contribution in [0, 0.1) is 0 Å². The van der Waals surface area contributed by atoms with Crippen molar-refractivity contribution in [2.75, 3.05) is 24.3 Å². The molecule has 0 aliphatic heterocycles. The summed E-state index contributed by atoms with van der Waals surface area (Å²) in [5, 5.41) is 7.02. The quantitative estimate of drug-likeness (QED) is 0.578. The Kier molecular flexibility index (Phi) is 7.17. The lowest BCUT2D eigenvalue weighted by Crippen LogP contribution is -2.20. The van der Waals surface area contributed by atoms with Gasteiger partial charge < -0.3 is 10.2 Å². The number of rotatable bonds is 7. The van der Waals surface area contributed by atoms with E-state index in [1.165, 1.54) is 0 Å². The maximum absolute atomic E-state index is 11.9. The van der Waals surface area contributed by atoms with Crippen LogP contribution in [0.15, 0.2) is 53.6 Å². The number of nitrogens with one attached hydrogen (secondary N) is 2. The normalized spacial score (nSPS) is 10.6. The molecule has 2 aromatic carbocycles. The van der Waals surface area contributed by atoms with Gasteiger partial charge in [-0.2, -0.15) is 5.10 Å². The van der Waals surface area contributed by atoms with Gasteiger partial charge in [0.25, 0.3) is 0 Å². The molecule has 0 aliphatic carbocycles. The fourth-order valence-corrected chi connectivity index (χ4v) is 2.28. The lowest BCUT2D eigenvalue weighted by molar-refractivity contribution is -0.124. The maximum atomic E-state index is 11.9. The van der Waals surface area contributed by atoms with Gasteiger partial charge in [-0.15, -0.1) is 0 Å². The van der Waals surface area contributed by atoms with Crippen molar-refractivity contribution in [1.82, 2.24) is 5.43 Å². The van der Waals surface area contributed by atoms with Gasteiger partial charge in [0.05, 0.1) is 16.9 Å². The van der Waals surface area contributed by atoms with Gasteiger partial charge in [-0.3, -0.25) is 9.59 Å². The Balaban J connectivity index is 1.74. The number of anilines is 2. The van der Waals surface area contributed by atoms with E-state index >= 15 is 0 Å². The molecule has 2 rings (SSSR count). The Morgan fingerprint density at radius 1 is 1.04 bits per heavy atom. The number of amides is 2. The molecule has 0 aromatic heterocycles. The number of hydrogen-bond donors (Lipinski definition) is 2. The first kappa shape index (κ1) is 19.5. The van der Waals surface area contributed by atoms with Crippen molar-refractivity contribution in [2.24, 2.45) is 5.10 Å². The number of hydrazone groups is 1. The van der Waals surface area contributed by atoms with Crippen molar-refractivity contribution in [3.05, 3.63) is 59.1 Å². The van der Waals surface area contributed by atoms with E-state index < -0.39 is 0 Å². The van der Waals surface area contributed by atoms with Gasteiger partial charge in [0, 0.05) is 32.6 Å². The fraction of sp³-hybridized carbons (Fsp3) is 0.211. The molecule has 2 aromatic rings. The first-order valence-electron chi connectivity index (χ1n) is 8.09. The predicted octanol–water partition coefficient (Wildman–Crippen LogP) is 3.28. The van der Waals surface area contributed by atoms with E-state index in [2.05, 4.69) is 15.8 Å². The molecule has 2 amide bonds. The second kappa shape index (κ2) is 9.58. The number of para-hydroxylation sites is 1. The molecule has 7 heteroatoms. The van der Waals surface area contributed by atoms with Gasteiger partial charge in [-0.05, 0) is 29.8 Å². The summed E-state index contributed by atoms with van der Waals surface area (Å²) in [7, 11) is 3.93. The zero-order valence-corrected chi connectivity index (χ0v) is 15.5. The number of carbonyl (C=O) groups excluding carboxylic acids is 2. The highest BCUT2D eigenvalue weighted by molar-refractivity contribution is 6.33. The molecule has 0 fully saturated rings. The zero-order chi connectivity index (χ0) is 18.9. The van der Waals surface area contributed by atoms with Crippen molar-refractivity contribution < 1.29 is 9.59 Å². The zero-order valence-electron chi connectivity index (χ0n) is 14.7. The molecule has 0 aliphatic rings. The molecule has 136 valence electrons. The van der Waals surface area contributed by atoms with Gasteiger partial charge >= 0.3 is 0 Å². The summed E-state index contributed by atoms with van der Waals surface area (Å²) in [5.41, 5.74) is 4.89. The second-order valence-corrected chi connectivity index (χ2v) is 6.21. The highest BCUT2D eigenvalue weighted by Gasteiger charge is 2.08. The van der Waals surface area contributed by atoms with Crippen LogP contribution in [0.2, 0.25) is 5.02 Å². The monoisotopic (exact) mass is 372 g/mol. The summed E-state index contributed by atoms with van der Waals surface area (Å²) < 4.78 is 0. The molecule has 0 spiro atoms. The summed E-state index contributed by atoms with van der Waals surface area (Å²) in [4.78, 5) is 25.6. The Hall–Kier alpha value is -2.86. The minimum absolute atomic E-state index is 0.0349. The van der Waals surface area contributed by atoms with Crippen LogP contribution in [0.3, 0.4) is 0 Å². The van der Waals surface area contributed by atoms with Gasteiger partial charge in [-0.25, -0.2) is 5.43 Å². The fourth-order valence-electron chi connectivity index (χ4n) is 2.10. The molecule has 6 nitrogen and oxygen atoms in total. The minimum Gasteiger partial charge on any atom is -0.378 e. The molecule has 26 heavy (non-hydrogen) atoms. The van der Waals surface area contributed by atoms with E-state index in [0.29, 0.717) is 10.7 Å². The molecular formula is C19H21ClN4O2. The lowest BCUT2D eigenvalue weighted by atomic mass is 10.2. The third-order valence-corrected chi connectivity index (χ3v) is 3.87. The number of nitrogens with zero attached hydrogens (tertiary/aromatic N) is 2. The van der Waals surface area contributed by atoms with Crippen LogP contribution in [0.25, 0.3) is 0 Å². The summed E-state index contributed by atoms with van der Waals surface area (Å²) >= 11 is 5.97. The minimum atomic E-state index is -0.333. The van der Waals surface area contributed by atoms with Gasteiger partial charge in [0.1, 0.15) is 0 Å². The number of hydrogen-bond acceptors (Lipinski definition) is 4. The summed E-state index contributed by atoms with van der Waals surface area (Å²) in [6, 6.07) is 14.7. The van der Waals surface area contributed by atoms with Crippen LogP contribution < -0.4 is 15.6 Å². The third kappa shape index (κ3) is 6.22. The standard InChI is InChI=1S/C19H21ClN4O2/c1-24(2)15-9-7-14(8-10-15)13-21-23-19(26)12-11-18(25)22-17-6-4-3-5-16(17)20/h3-10,13H,11-12H2,1-2H3,(H,22,25)(H,23,26)/b21-13+. The third-order valence-electron chi connectivity index (χ3n) is 3.54. The molecular weight excluding hydrogens is 352 g/mol. The Bertz CT molecular complexity index is 788. The van der Waals surface area contributed by atoms with Crippen LogP contribution in [0.1, 0.15) is 18.4 Å². The van der Waals surface area contributed by atoms with E-state index in [-0.39, 0.29) is 24.7 Å². The van der Waals surface area contributed by atoms with Gasteiger partial charge in [0.15, 0.2) is 0 Å². The van der Waals surface area contributed by atoms with Crippen LogP contribution in [-0.2, 0) is 9.59 Å². The molecule has 0 bridgehead atoms. The highest BCUT2D eigenvalue weighted by atomic mass is 35.5. The van der Waals surface area contributed by atoms with E-state index in [0.717, 1.165) is 11.3 Å². The Morgan fingerprint density at radius 3 is 2.35 bits per heavy atom. The largest absolute Gasteiger partial charge is 0.378 e. The maximum Gasteiger partial charge on any atom is 0.240 e. The van der Waals surface area contributed by atoms with E-state index in [4.69, 9.17) is 11.6 Å². The molecule has 0 radical (unpaired) electrons. The highest BCUT2D eigenvalue weighted by Crippen LogP contribution is 2.20. The average molecular weight is 373 g/mol. The Labute approximate surface area is 157 Å². The molecule has 0 atom stereocenters. The molecule has 0 unspecified atom stereocenters. The Morgan fingerprint density at radius 2 is 1.69 bits per heavy atom. The smallest absolute Gasteiger partial charge is 0.240 e. The summed E-state index contributed by atoms with van der Waals surface area (Å²) in [6.07, 6.45) is 1.64. The predicted molar refractivity (Wildman–Crippen MR) is 106 cm³/mol. The van der Waals surface area contributed by atoms with Crippen molar-refractivity contribution in [3.8, 4) is 0 Å². The SMILES string of the molecule is CN(C)c1ccc(/C=N/NC(=O)CCC(=O)Nc2ccccc2Cl)cc1. The topological polar surface area (TPSA) is 73.8 Å². The van der Waals surface area contributed by atoms with Crippen molar-refractivity contribution in [3.63, 3.8) is 0 Å². The molecule has 0 heterocycles. The average Bonchev–Trinajstić information content (AvgIpc) is 2.62. The first-order chi connectivity index (χ1) is 12.5. The van der Waals surface area contributed by atoms with Gasteiger partial charge in [0.2, 0.25) is 11.8 Å². The second-order valence-electron chi connectivity index (χ2n) is 5.81. The molecule has 2 N–H and O–H groups in total. The van der Waals surface area contributed by atoms with E-state index in [1.807, 2.05) is 43.3 Å². The van der Waals surface area contributed by atoms with Crippen molar-refractivity contribution in [1.29, 1.82) is 0 Å². The molecule has 0 saturated carbocycles. The van der Waals surface area contributed by atoms with Crippen LogP contribution in [0.5, 0.6) is 0 Å². The van der Waals surface area contributed by atoms with Crippen molar-refractivity contribution >= 4 is 41.0 Å². The number of halogens is 1. The van der Waals surface area contributed by atoms with Crippen LogP contribution >= 0.6 is 11.6 Å². The summed E-state index contributed by atoms with van der Waals surface area (Å²) in [5.74, 6) is -0.614. The number of carbonyl (C=O) groups is 2. The van der Waals surface area contributed by atoms with E-state index in [1.54, 1.807) is 30.5 Å². The lowest BCUT2D eigenvalue weighted by Gasteiger charge is -2.11. The van der Waals surface area contributed by atoms with Crippen molar-refractivity contribution in [2.45, 2.75) is 12.8 Å². The van der Waals surface area contributed by atoms with E-state index in [9.17, 15) is 9.59 Å². The summed E-state index contributed by atoms with van der Waals surface area (Å²) in [6.45, 7) is 0. The van der Waals surface area contributed by atoms with Crippen LogP contribution in [0.4, 0.5) is 11.4 Å².